The first kappa shape index (κ1) is 25.0. The average molecular weight is 446 g/mol. The maximum atomic E-state index is 12.5. The minimum atomic E-state index is -0.571. The lowest BCUT2D eigenvalue weighted by atomic mass is 10.2. The van der Waals surface area contributed by atoms with E-state index in [9.17, 15) is 14.4 Å². The van der Waals surface area contributed by atoms with Gasteiger partial charge in [-0.3, -0.25) is 9.59 Å². The first-order valence-electron chi connectivity index (χ1n) is 9.51. The molecule has 0 aliphatic carbocycles. The van der Waals surface area contributed by atoms with E-state index in [0.29, 0.717) is 35.2 Å². The summed E-state index contributed by atoms with van der Waals surface area (Å²) in [5.74, 6) is -0.502. The van der Waals surface area contributed by atoms with Gasteiger partial charge in [0.1, 0.15) is 5.60 Å². The van der Waals surface area contributed by atoms with Gasteiger partial charge in [-0.1, -0.05) is 30.1 Å². The molecule has 0 radical (unpaired) electrons. The fourth-order valence-electron chi connectivity index (χ4n) is 2.42. The Morgan fingerprint density at radius 1 is 1.17 bits per heavy atom. The molecule has 0 aliphatic heterocycles. The number of anilines is 1. The molecular weight excluding hydrogens is 417 g/mol. The molecule has 2 N–H and O–H groups in total. The lowest BCUT2D eigenvalue weighted by Crippen LogP contribution is -2.39. The van der Waals surface area contributed by atoms with Crippen molar-refractivity contribution >= 4 is 46.8 Å². The van der Waals surface area contributed by atoms with Crippen LogP contribution in [0.15, 0.2) is 18.2 Å². The summed E-state index contributed by atoms with van der Waals surface area (Å²) in [7, 11) is 0. The lowest BCUT2D eigenvalue weighted by Gasteiger charge is -2.22. The average Bonchev–Trinajstić information content (AvgIpc) is 2.59. The largest absolute Gasteiger partial charge is 0.444 e. The van der Waals surface area contributed by atoms with E-state index in [1.165, 1.54) is 11.0 Å². The van der Waals surface area contributed by atoms with Crippen LogP contribution >= 0.6 is 23.2 Å². The van der Waals surface area contributed by atoms with Crippen LogP contribution in [-0.4, -0.2) is 48.0 Å². The van der Waals surface area contributed by atoms with E-state index in [1.54, 1.807) is 32.9 Å². The van der Waals surface area contributed by atoms with E-state index in [4.69, 9.17) is 27.9 Å². The highest BCUT2D eigenvalue weighted by atomic mass is 35.5. The summed E-state index contributed by atoms with van der Waals surface area (Å²) in [5.41, 5.74) is -0.135. The fourth-order valence-corrected chi connectivity index (χ4v) is 2.87. The van der Waals surface area contributed by atoms with Crippen LogP contribution in [0.2, 0.25) is 10.0 Å². The van der Waals surface area contributed by atoms with Crippen LogP contribution < -0.4 is 10.6 Å². The van der Waals surface area contributed by atoms with Gasteiger partial charge in [-0.25, -0.2) is 4.79 Å². The minimum absolute atomic E-state index is 0.0783. The Kier molecular flexibility index (Phi) is 10.3. The molecule has 1 aromatic rings. The molecule has 0 heterocycles. The molecule has 0 aliphatic rings. The number of rotatable bonds is 9. The molecule has 3 amide bonds. The molecule has 0 bridgehead atoms. The normalized spacial score (nSPS) is 11.0. The second-order valence-corrected chi connectivity index (χ2v) is 8.36. The molecule has 0 aromatic heterocycles. The number of amides is 3. The molecule has 0 fully saturated rings. The quantitative estimate of drug-likeness (QED) is 0.548. The van der Waals surface area contributed by atoms with E-state index in [0.717, 1.165) is 6.42 Å². The van der Waals surface area contributed by atoms with Crippen molar-refractivity contribution in [3.05, 3.63) is 28.2 Å². The summed E-state index contributed by atoms with van der Waals surface area (Å²) in [6, 6.07) is 4.76. The summed E-state index contributed by atoms with van der Waals surface area (Å²) in [5, 5.41) is 6.10. The Bertz CT molecular complexity index is 720. The van der Waals surface area contributed by atoms with E-state index in [-0.39, 0.29) is 24.8 Å². The molecule has 0 saturated heterocycles. The number of halogens is 2. The Labute approximate surface area is 182 Å². The van der Waals surface area contributed by atoms with Gasteiger partial charge < -0.3 is 20.3 Å². The van der Waals surface area contributed by atoms with Crippen molar-refractivity contribution in [2.45, 2.75) is 52.6 Å². The number of ether oxygens (including phenoxy) is 1. The first-order chi connectivity index (χ1) is 13.5. The van der Waals surface area contributed by atoms with E-state index < -0.39 is 11.7 Å². The van der Waals surface area contributed by atoms with Gasteiger partial charge in [-0.15, -0.1) is 0 Å². The summed E-state index contributed by atoms with van der Waals surface area (Å²) in [6.45, 7) is 7.96. The number of benzene rings is 1. The van der Waals surface area contributed by atoms with Gasteiger partial charge in [-0.05, 0) is 51.8 Å². The molecule has 7 nitrogen and oxygen atoms in total. The number of nitrogens with zero attached hydrogens (tertiary/aromatic N) is 1. The molecular formula is C20H29Cl2N3O4. The zero-order chi connectivity index (χ0) is 22.0. The maximum absolute atomic E-state index is 12.5. The highest BCUT2D eigenvalue weighted by Crippen LogP contribution is 2.25. The molecule has 162 valence electrons. The van der Waals surface area contributed by atoms with Crippen molar-refractivity contribution in [3.63, 3.8) is 0 Å². The molecule has 9 heteroatoms. The third-order valence-electron chi connectivity index (χ3n) is 3.62. The highest BCUT2D eigenvalue weighted by Gasteiger charge is 2.18. The predicted molar refractivity (Wildman–Crippen MR) is 115 cm³/mol. The van der Waals surface area contributed by atoms with E-state index >= 15 is 0 Å². The van der Waals surface area contributed by atoms with Crippen molar-refractivity contribution in [1.29, 1.82) is 0 Å². The Hall–Kier alpha value is -1.99. The molecule has 0 saturated carbocycles. The van der Waals surface area contributed by atoms with Gasteiger partial charge in [0.05, 0.1) is 17.3 Å². The Morgan fingerprint density at radius 3 is 2.45 bits per heavy atom. The topological polar surface area (TPSA) is 87.7 Å². The van der Waals surface area contributed by atoms with Crippen molar-refractivity contribution in [3.8, 4) is 0 Å². The van der Waals surface area contributed by atoms with Gasteiger partial charge in [-0.2, -0.15) is 0 Å². The molecule has 1 rings (SSSR count). The standard InChI is InChI=1S/C20H29Cl2N3O4/c1-5-11-25(13-17(26)24-16-9-8-14(21)12-15(16)22)18(27)7-6-10-23-19(28)29-20(2,3)4/h8-9,12H,5-7,10-11,13H2,1-4H3,(H,23,28)(H,24,26). The third-order valence-corrected chi connectivity index (χ3v) is 4.17. The van der Waals surface area contributed by atoms with Gasteiger partial charge in [0.25, 0.3) is 0 Å². The molecule has 29 heavy (non-hydrogen) atoms. The lowest BCUT2D eigenvalue weighted by molar-refractivity contribution is -0.134. The summed E-state index contributed by atoms with van der Waals surface area (Å²) < 4.78 is 5.14. The summed E-state index contributed by atoms with van der Waals surface area (Å²) in [6.07, 6.45) is 0.861. The van der Waals surface area contributed by atoms with E-state index in [1.807, 2.05) is 6.92 Å². The zero-order valence-corrected chi connectivity index (χ0v) is 18.8. The zero-order valence-electron chi connectivity index (χ0n) is 17.3. The third kappa shape index (κ3) is 10.4. The van der Waals surface area contributed by atoms with Gasteiger partial charge >= 0.3 is 6.09 Å². The van der Waals surface area contributed by atoms with Crippen LogP contribution in [-0.2, 0) is 14.3 Å². The second kappa shape index (κ2) is 11.9. The summed E-state index contributed by atoms with van der Waals surface area (Å²) in [4.78, 5) is 37.9. The van der Waals surface area contributed by atoms with Crippen LogP contribution in [0, 0.1) is 0 Å². The smallest absolute Gasteiger partial charge is 0.407 e. The predicted octanol–water partition coefficient (Wildman–Crippen LogP) is 4.48. The summed E-state index contributed by atoms with van der Waals surface area (Å²) >= 11 is 11.9. The molecule has 0 atom stereocenters. The van der Waals surface area contributed by atoms with Gasteiger partial charge in [0.2, 0.25) is 11.8 Å². The van der Waals surface area contributed by atoms with Crippen molar-refractivity contribution in [1.82, 2.24) is 10.2 Å². The fraction of sp³-hybridized carbons (Fsp3) is 0.550. The Morgan fingerprint density at radius 2 is 1.86 bits per heavy atom. The molecule has 0 spiro atoms. The van der Waals surface area contributed by atoms with Crippen molar-refractivity contribution in [2.75, 3.05) is 25.0 Å². The van der Waals surface area contributed by atoms with Crippen LogP contribution in [0.3, 0.4) is 0 Å². The number of alkyl carbamates (subject to hydrolysis) is 1. The van der Waals surface area contributed by atoms with Crippen LogP contribution in [0.4, 0.5) is 10.5 Å². The second-order valence-electron chi connectivity index (χ2n) is 7.52. The number of hydrogen-bond acceptors (Lipinski definition) is 4. The number of nitrogens with one attached hydrogen (secondary N) is 2. The van der Waals surface area contributed by atoms with E-state index in [2.05, 4.69) is 10.6 Å². The number of hydrogen-bond donors (Lipinski definition) is 2. The Balaban J connectivity index is 2.48. The van der Waals surface area contributed by atoms with Gasteiger partial charge in [0.15, 0.2) is 0 Å². The number of carbonyl (C=O) groups excluding carboxylic acids is 3. The molecule has 0 unspecified atom stereocenters. The minimum Gasteiger partial charge on any atom is -0.444 e. The SMILES string of the molecule is CCCN(CC(=O)Nc1ccc(Cl)cc1Cl)C(=O)CCCNC(=O)OC(C)(C)C. The number of carbonyl (C=O) groups is 3. The maximum Gasteiger partial charge on any atom is 0.407 e. The van der Waals surface area contributed by atoms with Crippen molar-refractivity contribution in [2.24, 2.45) is 0 Å². The molecule has 1 aromatic carbocycles. The first-order valence-corrected chi connectivity index (χ1v) is 10.3. The van der Waals surface area contributed by atoms with Gasteiger partial charge in [0, 0.05) is 24.5 Å². The van der Waals surface area contributed by atoms with Crippen LogP contribution in [0.1, 0.15) is 47.0 Å². The monoisotopic (exact) mass is 445 g/mol. The van der Waals surface area contributed by atoms with Crippen molar-refractivity contribution < 1.29 is 19.1 Å². The van der Waals surface area contributed by atoms with Crippen LogP contribution in [0.5, 0.6) is 0 Å². The van der Waals surface area contributed by atoms with Crippen LogP contribution in [0.25, 0.3) is 0 Å². The highest BCUT2D eigenvalue weighted by molar-refractivity contribution is 6.36.